The summed E-state index contributed by atoms with van der Waals surface area (Å²) >= 11 is 7.55. The molecule has 0 aliphatic heterocycles. The van der Waals surface area contributed by atoms with Crippen LogP contribution in [0.5, 0.6) is 5.75 Å². The van der Waals surface area contributed by atoms with Gasteiger partial charge in [-0.15, -0.1) is 11.3 Å². The Balaban J connectivity index is 1.66. The van der Waals surface area contributed by atoms with Crippen molar-refractivity contribution in [2.75, 3.05) is 12.4 Å². The molecule has 0 radical (unpaired) electrons. The van der Waals surface area contributed by atoms with Crippen molar-refractivity contribution in [3.05, 3.63) is 69.7 Å². The molecule has 0 atom stereocenters. The maximum Gasteiger partial charge on any atom is 0.265 e. The minimum absolute atomic E-state index is 0.183. The van der Waals surface area contributed by atoms with Gasteiger partial charge in [0.05, 0.1) is 28.4 Å². The molecule has 0 saturated carbocycles. The van der Waals surface area contributed by atoms with E-state index in [2.05, 4.69) is 10.4 Å². The summed E-state index contributed by atoms with van der Waals surface area (Å²) in [4.78, 5) is 14.3. The summed E-state index contributed by atoms with van der Waals surface area (Å²) in [5.74, 6) is 0.382. The van der Waals surface area contributed by atoms with E-state index >= 15 is 0 Å². The quantitative estimate of drug-likeness (QED) is 0.474. The Hall–Kier alpha value is -2.83. The van der Waals surface area contributed by atoms with E-state index in [0.717, 1.165) is 21.6 Å². The Labute approximate surface area is 171 Å². The van der Waals surface area contributed by atoms with Crippen molar-refractivity contribution in [3.8, 4) is 11.4 Å². The summed E-state index contributed by atoms with van der Waals surface area (Å²) in [7, 11) is 1.55. The van der Waals surface area contributed by atoms with Gasteiger partial charge in [-0.25, -0.2) is 4.68 Å². The lowest BCUT2D eigenvalue weighted by Gasteiger charge is -2.07. The molecule has 0 bridgehead atoms. The fourth-order valence-corrected chi connectivity index (χ4v) is 4.29. The van der Waals surface area contributed by atoms with Gasteiger partial charge >= 0.3 is 0 Å². The molecule has 7 heteroatoms. The van der Waals surface area contributed by atoms with Crippen LogP contribution >= 0.6 is 22.9 Å². The number of carbonyl (C=O) groups is 1. The number of nitrogens with one attached hydrogen (secondary N) is 1. The van der Waals surface area contributed by atoms with Gasteiger partial charge in [0.25, 0.3) is 5.91 Å². The number of hydrogen-bond acceptors (Lipinski definition) is 4. The van der Waals surface area contributed by atoms with Gasteiger partial charge in [-0.2, -0.15) is 5.10 Å². The first-order chi connectivity index (χ1) is 13.5. The first-order valence-electron chi connectivity index (χ1n) is 8.67. The molecule has 0 aliphatic carbocycles. The minimum atomic E-state index is -0.183. The van der Waals surface area contributed by atoms with Gasteiger partial charge in [-0.05, 0) is 50.2 Å². The normalized spacial score (nSPS) is 11.0. The predicted molar refractivity (Wildman–Crippen MR) is 114 cm³/mol. The molecule has 4 rings (SSSR count). The van der Waals surface area contributed by atoms with Crippen LogP contribution < -0.4 is 10.1 Å². The number of carbonyl (C=O) groups excluding carboxylic acids is 1. The first-order valence-corrected chi connectivity index (χ1v) is 9.87. The van der Waals surface area contributed by atoms with E-state index < -0.39 is 0 Å². The van der Waals surface area contributed by atoms with E-state index in [1.807, 2.05) is 48.9 Å². The largest absolute Gasteiger partial charge is 0.495 e. The number of fused-ring (bicyclic) bond motifs is 1. The van der Waals surface area contributed by atoms with Crippen molar-refractivity contribution in [2.24, 2.45) is 0 Å². The number of rotatable bonds is 4. The standard InChI is InChI=1S/C21H18ClN3O2S/c1-12-4-7-15(8-5-12)25-21-16(13(2)24-25)11-19(28-21)20(26)23-14-6-9-18(27-3)17(22)10-14/h4-11H,1-3H3,(H,23,26). The molecule has 2 heterocycles. The second-order valence-corrected chi connectivity index (χ2v) is 7.90. The van der Waals surface area contributed by atoms with Gasteiger partial charge < -0.3 is 10.1 Å². The van der Waals surface area contributed by atoms with Crippen LogP contribution in [0.25, 0.3) is 15.9 Å². The third kappa shape index (κ3) is 3.37. The van der Waals surface area contributed by atoms with Crippen LogP contribution in [0, 0.1) is 13.8 Å². The average molecular weight is 412 g/mol. The molecule has 28 heavy (non-hydrogen) atoms. The molecule has 142 valence electrons. The Morgan fingerprint density at radius 3 is 2.57 bits per heavy atom. The van der Waals surface area contributed by atoms with Crippen LogP contribution in [-0.2, 0) is 0 Å². The van der Waals surface area contributed by atoms with Crippen LogP contribution in [0.1, 0.15) is 20.9 Å². The zero-order chi connectivity index (χ0) is 19.8. The maximum absolute atomic E-state index is 12.7. The molecule has 0 spiro atoms. The molecule has 0 unspecified atom stereocenters. The highest BCUT2D eigenvalue weighted by Crippen LogP contribution is 2.32. The van der Waals surface area contributed by atoms with Gasteiger partial charge in [0.2, 0.25) is 0 Å². The lowest BCUT2D eigenvalue weighted by Crippen LogP contribution is -2.10. The van der Waals surface area contributed by atoms with E-state index in [1.54, 1.807) is 25.3 Å². The van der Waals surface area contributed by atoms with Crippen molar-refractivity contribution >= 4 is 44.7 Å². The zero-order valence-electron chi connectivity index (χ0n) is 15.6. The smallest absolute Gasteiger partial charge is 0.265 e. The van der Waals surface area contributed by atoms with Crippen molar-refractivity contribution < 1.29 is 9.53 Å². The van der Waals surface area contributed by atoms with Crippen LogP contribution in [0.2, 0.25) is 5.02 Å². The van der Waals surface area contributed by atoms with Gasteiger partial charge in [-0.1, -0.05) is 29.3 Å². The number of aromatic nitrogens is 2. The summed E-state index contributed by atoms with van der Waals surface area (Å²) in [6.07, 6.45) is 0. The van der Waals surface area contributed by atoms with Crippen molar-refractivity contribution in [3.63, 3.8) is 0 Å². The fraction of sp³-hybridized carbons (Fsp3) is 0.143. The highest BCUT2D eigenvalue weighted by atomic mass is 35.5. The zero-order valence-corrected chi connectivity index (χ0v) is 17.2. The molecule has 1 N–H and O–H groups in total. The number of ether oxygens (including phenoxy) is 1. The monoisotopic (exact) mass is 411 g/mol. The summed E-state index contributed by atoms with van der Waals surface area (Å²) in [6, 6.07) is 15.2. The fourth-order valence-electron chi connectivity index (χ4n) is 2.96. The Morgan fingerprint density at radius 1 is 1.14 bits per heavy atom. The number of thiophene rings is 1. The Morgan fingerprint density at radius 2 is 1.89 bits per heavy atom. The molecule has 0 saturated heterocycles. The Bertz CT molecular complexity index is 1180. The van der Waals surface area contributed by atoms with Gasteiger partial charge in [0.15, 0.2) is 0 Å². The SMILES string of the molecule is COc1ccc(NC(=O)c2cc3c(C)nn(-c4ccc(C)cc4)c3s2)cc1Cl. The van der Waals surface area contributed by atoms with Crippen LogP contribution in [0.15, 0.2) is 48.5 Å². The number of methoxy groups -OCH3 is 1. The molecule has 4 aromatic rings. The second kappa shape index (κ2) is 7.30. The van der Waals surface area contributed by atoms with E-state index in [4.69, 9.17) is 16.3 Å². The molecule has 2 aromatic carbocycles. The van der Waals surface area contributed by atoms with E-state index in [9.17, 15) is 4.79 Å². The predicted octanol–water partition coefficient (Wildman–Crippen LogP) is 5.62. The molecule has 2 aromatic heterocycles. The van der Waals surface area contributed by atoms with Crippen molar-refractivity contribution in [1.82, 2.24) is 9.78 Å². The highest BCUT2D eigenvalue weighted by Gasteiger charge is 2.17. The molecular weight excluding hydrogens is 394 g/mol. The lowest BCUT2D eigenvalue weighted by atomic mass is 10.2. The lowest BCUT2D eigenvalue weighted by molar-refractivity contribution is 0.103. The number of halogens is 1. The Kier molecular flexibility index (Phi) is 4.83. The highest BCUT2D eigenvalue weighted by molar-refractivity contribution is 7.20. The number of aryl methyl sites for hydroxylation is 2. The van der Waals surface area contributed by atoms with E-state index in [1.165, 1.54) is 16.9 Å². The van der Waals surface area contributed by atoms with Gasteiger partial charge in [0, 0.05) is 11.1 Å². The van der Waals surface area contributed by atoms with Crippen LogP contribution in [-0.4, -0.2) is 22.8 Å². The number of hydrogen-bond donors (Lipinski definition) is 1. The second-order valence-electron chi connectivity index (χ2n) is 6.47. The van der Waals surface area contributed by atoms with Gasteiger partial charge in [0.1, 0.15) is 10.6 Å². The molecule has 0 aliphatic rings. The maximum atomic E-state index is 12.7. The first kappa shape index (κ1) is 18.5. The molecule has 5 nitrogen and oxygen atoms in total. The number of amides is 1. The number of nitrogens with zero attached hydrogens (tertiary/aromatic N) is 2. The molecular formula is C21H18ClN3O2S. The minimum Gasteiger partial charge on any atom is -0.495 e. The third-order valence-corrected chi connectivity index (χ3v) is 5.86. The summed E-state index contributed by atoms with van der Waals surface area (Å²) in [6.45, 7) is 4.00. The van der Waals surface area contributed by atoms with Crippen LogP contribution in [0.3, 0.4) is 0 Å². The number of benzene rings is 2. The van der Waals surface area contributed by atoms with Crippen LogP contribution in [0.4, 0.5) is 5.69 Å². The number of anilines is 1. The molecule has 1 amide bonds. The third-order valence-electron chi connectivity index (χ3n) is 4.46. The summed E-state index contributed by atoms with van der Waals surface area (Å²) < 4.78 is 7.03. The van der Waals surface area contributed by atoms with Crippen molar-refractivity contribution in [2.45, 2.75) is 13.8 Å². The summed E-state index contributed by atoms with van der Waals surface area (Å²) in [5.41, 5.74) is 3.66. The summed E-state index contributed by atoms with van der Waals surface area (Å²) in [5, 5.41) is 8.94. The average Bonchev–Trinajstić information content (AvgIpc) is 3.24. The molecule has 0 fully saturated rings. The van der Waals surface area contributed by atoms with E-state index in [0.29, 0.717) is 21.3 Å². The van der Waals surface area contributed by atoms with Crippen molar-refractivity contribution in [1.29, 1.82) is 0 Å². The van der Waals surface area contributed by atoms with E-state index in [-0.39, 0.29) is 5.91 Å². The topological polar surface area (TPSA) is 56.1 Å². The van der Waals surface area contributed by atoms with Gasteiger partial charge in [-0.3, -0.25) is 4.79 Å².